The lowest BCUT2D eigenvalue weighted by Gasteiger charge is -2.37. The lowest BCUT2D eigenvalue weighted by atomic mass is 10.0. The summed E-state index contributed by atoms with van der Waals surface area (Å²) in [5.41, 5.74) is 4.50. The second kappa shape index (κ2) is 9.12. The van der Waals surface area contributed by atoms with Crippen LogP contribution in [-0.2, 0) is 22.7 Å². The lowest BCUT2D eigenvalue weighted by Crippen LogP contribution is -2.52. The predicted molar refractivity (Wildman–Crippen MR) is 126 cm³/mol. The smallest absolute Gasteiger partial charge is 0.255 e. The standard InChI is InChI=1S/C26H26FN5O3/c1-16-8-17(13-28)10-18(9-16)14-30-4-6-31(7-5-30)23-12-19(27)11-20-21(23)15-32(26(20)35)22-2-3-24(33)29-25(22)34/h8-12,22H,2-7,14-15H2,1H3,(H,29,33,34). The van der Waals surface area contributed by atoms with E-state index in [9.17, 15) is 24.0 Å². The highest BCUT2D eigenvalue weighted by atomic mass is 19.1. The van der Waals surface area contributed by atoms with Crippen LogP contribution in [0.3, 0.4) is 0 Å². The molecule has 0 bridgehead atoms. The minimum Gasteiger partial charge on any atom is -0.369 e. The first-order valence-corrected chi connectivity index (χ1v) is 11.8. The molecule has 3 heterocycles. The molecule has 9 heteroatoms. The van der Waals surface area contributed by atoms with E-state index in [2.05, 4.69) is 27.3 Å². The summed E-state index contributed by atoms with van der Waals surface area (Å²) in [7, 11) is 0. The van der Waals surface area contributed by atoms with E-state index >= 15 is 0 Å². The van der Waals surface area contributed by atoms with Gasteiger partial charge in [-0.05, 0) is 48.7 Å². The molecular weight excluding hydrogens is 449 g/mol. The van der Waals surface area contributed by atoms with Gasteiger partial charge in [-0.2, -0.15) is 5.26 Å². The first-order valence-electron chi connectivity index (χ1n) is 11.8. The van der Waals surface area contributed by atoms with Crippen molar-refractivity contribution in [1.29, 1.82) is 5.26 Å². The number of hydrogen-bond donors (Lipinski definition) is 1. The van der Waals surface area contributed by atoms with E-state index < -0.39 is 17.8 Å². The van der Waals surface area contributed by atoms with Crippen molar-refractivity contribution in [2.24, 2.45) is 0 Å². The van der Waals surface area contributed by atoms with Crippen LogP contribution in [0.5, 0.6) is 0 Å². The average molecular weight is 476 g/mol. The number of halogens is 1. The van der Waals surface area contributed by atoms with Crippen LogP contribution in [0.1, 0.15) is 45.5 Å². The summed E-state index contributed by atoms with van der Waals surface area (Å²) < 4.78 is 14.6. The van der Waals surface area contributed by atoms with Gasteiger partial charge in [0, 0.05) is 62.5 Å². The third-order valence-electron chi connectivity index (χ3n) is 6.98. The molecule has 1 N–H and O–H groups in total. The van der Waals surface area contributed by atoms with Crippen LogP contribution >= 0.6 is 0 Å². The van der Waals surface area contributed by atoms with Crippen LogP contribution in [0.2, 0.25) is 0 Å². The summed E-state index contributed by atoms with van der Waals surface area (Å²) in [5, 5.41) is 11.5. The van der Waals surface area contributed by atoms with Crippen molar-refractivity contribution >= 4 is 23.4 Å². The van der Waals surface area contributed by atoms with Crippen molar-refractivity contribution in [3.05, 3.63) is 64.0 Å². The molecule has 5 rings (SSSR count). The molecule has 8 nitrogen and oxygen atoms in total. The van der Waals surface area contributed by atoms with Crippen LogP contribution in [-0.4, -0.2) is 59.7 Å². The maximum atomic E-state index is 14.6. The molecule has 0 aliphatic carbocycles. The van der Waals surface area contributed by atoms with Gasteiger partial charge in [-0.15, -0.1) is 0 Å². The number of rotatable bonds is 4. The second-order valence-corrected chi connectivity index (χ2v) is 9.43. The number of piperazine rings is 1. The number of benzene rings is 2. The summed E-state index contributed by atoms with van der Waals surface area (Å²) in [6.45, 7) is 5.77. The molecule has 180 valence electrons. The minimum atomic E-state index is -0.729. The van der Waals surface area contributed by atoms with Gasteiger partial charge in [0.15, 0.2) is 0 Å². The molecule has 2 aromatic rings. The molecule has 3 aliphatic rings. The van der Waals surface area contributed by atoms with E-state index in [1.807, 2.05) is 19.1 Å². The van der Waals surface area contributed by atoms with E-state index in [0.29, 0.717) is 24.3 Å². The number of anilines is 1. The van der Waals surface area contributed by atoms with Gasteiger partial charge >= 0.3 is 0 Å². The number of hydrogen-bond acceptors (Lipinski definition) is 6. The molecule has 1 atom stereocenters. The Morgan fingerprint density at radius 3 is 2.57 bits per heavy atom. The number of nitrogens with one attached hydrogen (secondary N) is 1. The van der Waals surface area contributed by atoms with Gasteiger partial charge in [-0.3, -0.25) is 24.6 Å². The Labute approximate surface area is 202 Å². The summed E-state index contributed by atoms with van der Waals surface area (Å²) >= 11 is 0. The molecular formula is C26H26FN5O3. The highest BCUT2D eigenvalue weighted by Gasteiger charge is 2.41. The van der Waals surface area contributed by atoms with Crippen molar-refractivity contribution in [1.82, 2.24) is 15.1 Å². The summed E-state index contributed by atoms with van der Waals surface area (Å²) in [6.07, 6.45) is 0.448. The van der Waals surface area contributed by atoms with Crippen molar-refractivity contribution in [2.75, 3.05) is 31.1 Å². The molecule has 2 fully saturated rings. The molecule has 35 heavy (non-hydrogen) atoms. The number of fused-ring (bicyclic) bond motifs is 1. The monoisotopic (exact) mass is 475 g/mol. The summed E-state index contributed by atoms with van der Waals surface area (Å²) in [4.78, 5) is 42.8. The molecule has 0 saturated carbocycles. The maximum absolute atomic E-state index is 14.6. The molecule has 2 aromatic carbocycles. The van der Waals surface area contributed by atoms with Gasteiger partial charge in [0.25, 0.3) is 5.91 Å². The zero-order valence-corrected chi connectivity index (χ0v) is 19.5. The number of carbonyl (C=O) groups is 3. The number of nitriles is 1. The second-order valence-electron chi connectivity index (χ2n) is 9.43. The lowest BCUT2D eigenvalue weighted by molar-refractivity contribution is -0.136. The first kappa shape index (κ1) is 23.0. The molecule has 3 amide bonds. The average Bonchev–Trinajstić information content (AvgIpc) is 3.14. The van der Waals surface area contributed by atoms with E-state index in [0.717, 1.165) is 36.3 Å². The summed E-state index contributed by atoms with van der Waals surface area (Å²) in [5.74, 6) is -1.67. The van der Waals surface area contributed by atoms with Crippen molar-refractivity contribution in [2.45, 2.75) is 38.9 Å². The van der Waals surface area contributed by atoms with E-state index in [4.69, 9.17) is 0 Å². The number of nitrogens with zero attached hydrogens (tertiary/aromatic N) is 4. The molecule has 1 unspecified atom stereocenters. The maximum Gasteiger partial charge on any atom is 0.255 e. The Bertz CT molecular complexity index is 1260. The van der Waals surface area contributed by atoms with Gasteiger partial charge in [-0.1, -0.05) is 6.07 Å². The zero-order valence-electron chi connectivity index (χ0n) is 19.5. The number of aryl methyl sites for hydroxylation is 1. The van der Waals surface area contributed by atoms with Crippen LogP contribution in [0.15, 0.2) is 30.3 Å². The van der Waals surface area contributed by atoms with Crippen LogP contribution < -0.4 is 10.2 Å². The van der Waals surface area contributed by atoms with E-state index in [-0.39, 0.29) is 36.8 Å². The fourth-order valence-electron chi connectivity index (χ4n) is 5.31. The molecule has 0 aromatic heterocycles. The first-order chi connectivity index (χ1) is 16.8. The topological polar surface area (TPSA) is 96.8 Å². The largest absolute Gasteiger partial charge is 0.369 e. The van der Waals surface area contributed by atoms with Crippen LogP contribution in [0, 0.1) is 24.1 Å². The predicted octanol–water partition coefficient (Wildman–Crippen LogP) is 2.09. The molecule has 3 aliphatic heterocycles. The highest BCUT2D eigenvalue weighted by molar-refractivity contribution is 6.06. The highest BCUT2D eigenvalue weighted by Crippen LogP contribution is 2.35. The van der Waals surface area contributed by atoms with Crippen LogP contribution in [0.4, 0.5) is 10.1 Å². The quantitative estimate of drug-likeness (QED) is 0.681. The fraction of sp³-hybridized carbons (Fsp3) is 0.385. The summed E-state index contributed by atoms with van der Waals surface area (Å²) in [6, 6.07) is 10.0. The Morgan fingerprint density at radius 1 is 1.09 bits per heavy atom. The Hall–Kier alpha value is -3.77. The zero-order chi connectivity index (χ0) is 24.7. The minimum absolute atomic E-state index is 0.177. The molecule has 0 radical (unpaired) electrons. The number of carbonyl (C=O) groups excluding carboxylic acids is 3. The SMILES string of the molecule is Cc1cc(C#N)cc(CN2CCN(c3cc(F)cc4c3CN(C3CCC(=O)NC3=O)C4=O)CC2)c1. The Balaban J connectivity index is 1.31. The third kappa shape index (κ3) is 4.49. The Morgan fingerprint density at radius 2 is 1.86 bits per heavy atom. The molecule has 2 saturated heterocycles. The van der Waals surface area contributed by atoms with Gasteiger partial charge in [0.05, 0.1) is 11.6 Å². The number of piperidine rings is 1. The van der Waals surface area contributed by atoms with Crippen molar-refractivity contribution < 1.29 is 18.8 Å². The fourth-order valence-corrected chi connectivity index (χ4v) is 5.31. The van der Waals surface area contributed by atoms with Crippen molar-refractivity contribution in [3.8, 4) is 6.07 Å². The number of amides is 3. The Kier molecular flexibility index (Phi) is 5.99. The van der Waals surface area contributed by atoms with Crippen LogP contribution in [0.25, 0.3) is 0 Å². The van der Waals surface area contributed by atoms with E-state index in [1.165, 1.54) is 17.0 Å². The van der Waals surface area contributed by atoms with Gasteiger partial charge in [-0.25, -0.2) is 4.39 Å². The van der Waals surface area contributed by atoms with Gasteiger partial charge in [0.2, 0.25) is 11.8 Å². The van der Waals surface area contributed by atoms with E-state index in [1.54, 1.807) is 0 Å². The van der Waals surface area contributed by atoms with Gasteiger partial charge < -0.3 is 9.80 Å². The third-order valence-corrected chi connectivity index (χ3v) is 6.98. The van der Waals surface area contributed by atoms with Crippen molar-refractivity contribution in [3.63, 3.8) is 0 Å². The van der Waals surface area contributed by atoms with Gasteiger partial charge in [0.1, 0.15) is 11.9 Å². The molecule has 0 spiro atoms. The normalized spacial score (nSPS) is 20.6. The number of imide groups is 1.